The Hall–Kier alpha value is -0.630. The molecular weight excluding hydrogens is 749 g/mol. The van der Waals surface area contributed by atoms with Crippen LogP contribution in [0, 0.1) is 5.92 Å². The number of rotatable bonds is 47. The first kappa shape index (κ1) is 58.4. The Morgan fingerprint density at radius 2 is 1.03 bits per heavy atom. The summed E-state index contributed by atoms with van der Waals surface area (Å²) in [6, 6.07) is 0. The van der Waals surface area contributed by atoms with Crippen LogP contribution in [0.25, 0.3) is 0 Å². The Kier molecular flexibility index (Phi) is 47.9. The fraction of sp³-hybridized carbons (Fsp3) is 0.962. The largest absolute Gasteiger partial charge is 0.462 e. The van der Waals surface area contributed by atoms with E-state index >= 15 is 0 Å². The Bertz CT molecular complexity index is 824. The van der Waals surface area contributed by atoms with Gasteiger partial charge in [-0.05, 0) is 109 Å². The van der Waals surface area contributed by atoms with Crippen molar-refractivity contribution in [2.75, 3.05) is 39.0 Å². The van der Waals surface area contributed by atoms with Gasteiger partial charge >= 0.3 is 5.97 Å². The molecular formula is C52H104N2O4S. The Balaban J connectivity index is 0.00000220. The van der Waals surface area contributed by atoms with Crippen molar-refractivity contribution in [3.05, 3.63) is 0 Å². The summed E-state index contributed by atoms with van der Waals surface area (Å²) in [6.07, 6.45) is 47.4. The van der Waals surface area contributed by atoms with Crippen molar-refractivity contribution in [2.45, 2.75) is 277 Å². The molecule has 0 heterocycles. The lowest BCUT2D eigenvalue weighted by molar-refractivity contribution is -0.150. The van der Waals surface area contributed by atoms with Crippen molar-refractivity contribution < 1.29 is 19.1 Å². The minimum Gasteiger partial charge on any atom is -0.462 e. The lowest BCUT2D eigenvalue weighted by atomic mass is 10.0. The molecule has 1 aliphatic carbocycles. The van der Waals surface area contributed by atoms with E-state index in [1.807, 2.05) is 19.1 Å². The van der Waals surface area contributed by atoms with Crippen LogP contribution in [0.4, 0.5) is 0 Å². The summed E-state index contributed by atoms with van der Waals surface area (Å²) in [5.41, 5.74) is 0. The highest BCUT2D eigenvalue weighted by Gasteiger charge is 2.20. The van der Waals surface area contributed by atoms with Gasteiger partial charge in [-0.25, -0.2) is 0 Å². The molecule has 1 rings (SSSR count). The first-order valence-electron chi connectivity index (χ1n) is 26.3. The van der Waals surface area contributed by atoms with Gasteiger partial charge in [0.1, 0.15) is 12.4 Å². The van der Waals surface area contributed by atoms with Crippen molar-refractivity contribution in [3.8, 4) is 0 Å². The van der Waals surface area contributed by atoms with Crippen molar-refractivity contribution in [3.63, 3.8) is 0 Å². The summed E-state index contributed by atoms with van der Waals surface area (Å²) in [5.74, 6) is 2.31. The van der Waals surface area contributed by atoms with Crippen LogP contribution in [0.3, 0.4) is 0 Å². The van der Waals surface area contributed by atoms with Crippen LogP contribution in [-0.2, 0) is 19.1 Å². The van der Waals surface area contributed by atoms with Gasteiger partial charge in [0.05, 0.1) is 6.10 Å². The number of carbonyl (C=O) groups is 2. The molecule has 352 valence electrons. The predicted octanol–water partition coefficient (Wildman–Crippen LogP) is 15.8. The van der Waals surface area contributed by atoms with Gasteiger partial charge in [-0.15, -0.1) is 0 Å². The van der Waals surface area contributed by atoms with E-state index < -0.39 is 0 Å². The SMILES string of the molecule is CCCCCCCCC(CC)OC.CCCCCCCCC(CCCCCCCC)OC(=O)CCCCCCCN(CCCCCCCC=O)CCCNSCC1CC1. The minimum absolute atomic E-state index is 0.0446. The van der Waals surface area contributed by atoms with Crippen molar-refractivity contribution in [1.82, 2.24) is 9.62 Å². The van der Waals surface area contributed by atoms with Crippen molar-refractivity contribution >= 4 is 24.2 Å². The van der Waals surface area contributed by atoms with Crippen molar-refractivity contribution in [2.24, 2.45) is 5.92 Å². The molecule has 1 aliphatic rings. The van der Waals surface area contributed by atoms with E-state index in [0.29, 0.717) is 12.5 Å². The molecule has 0 aromatic carbocycles. The number of esters is 1. The highest BCUT2D eigenvalue weighted by Crippen LogP contribution is 2.31. The third-order valence-corrected chi connectivity index (χ3v) is 13.3. The number of aldehydes is 1. The van der Waals surface area contributed by atoms with E-state index in [4.69, 9.17) is 9.47 Å². The Morgan fingerprint density at radius 1 is 0.593 bits per heavy atom. The number of ether oxygens (including phenoxy) is 2. The molecule has 0 saturated heterocycles. The molecule has 59 heavy (non-hydrogen) atoms. The molecule has 0 aromatic heterocycles. The number of nitrogens with one attached hydrogen (secondary N) is 1. The first-order chi connectivity index (χ1) is 29.0. The molecule has 1 unspecified atom stereocenters. The van der Waals surface area contributed by atoms with Crippen LogP contribution in [0.5, 0.6) is 0 Å². The third-order valence-electron chi connectivity index (χ3n) is 12.2. The van der Waals surface area contributed by atoms with Crippen LogP contribution in [0.2, 0.25) is 0 Å². The molecule has 1 N–H and O–H groups in total. The number of nitrogens with zero attached hydrogens (tertiary/aromatic N) is 1. The van der Waals surface area contributed by atoms with E-state index in [0.717, 1.165) is 63.7 Å². The van der Waals surface area contributed by atoms with Gasteiger partial charge in [-0.2, -0.15) is 0 Å². The van der Waals surface area contributed by atoms with E-state index in [1.165, 1.54) is 212 Å². The average Bonchev–Trinajstić information content (AvgIpc) is 4.08. The quantitative estimate of drug-likeness (QED) is 0.0283. The molecule has 1 saturated carbocycles. The molecule has 1 fully saturated rings. The van der Waals surface area contributed by atoms with Gasteiger partial charge in [0.2, 0.25) is 0 Å². The monoisotopic (exact) mass is 853 g/mol. The molecule has 1 atom stereocenters. The number of carbonyl (C=O) groups excluding carboxylic acids is 2. The zero-order valence-corrected chi connectivity index (χ0v) is 41.3. The minimum atomic E-state index is 0.0446. The van der Waals surface area contributed by atoms with E-state index in [9.17, 15) is 9.59 Å². The van der Waals surface area contributed by atoms with Crippen LogP contribution in [-0.4, -0.2) is 68.4 Å². The fourth-order valence-electron chi connectivity index (χ4n) is 7.92. The zero-order valence-electron chi connectivity index (χ0n) is 40.5. The second kappa shape index (κ2) is 48.4. The highest BCUT2D eigenvalue weighted by molar-refractivity contribution is 7.97. The van der Waals surface area contributed by atoms with Crippen molar-refractivity contribution in [1.29, 1.82) is 0 Å². The maximum absolute atomic E-state index is 12.7. The molecule has 7 heteroatoms. The van der Waals surface area contributed by atoms with Gasteiger partial charge in [0, 0.05) is 32.2 Å². The molecule has 6 nitrogen and oxygen atoms in total. The molecule has 0 spiro atoms. The van der Waals surface area contributed by atoms with E-state index in [1.54, 1.807) is 0 Å². The second-order valence-electron chi connectivity index (χ2n) is 18.1. The summed E-state index contributed by atoms with van der Waals surface area (Å²) in [6.45, 7) is 13.7. The maximum Gasteiger partial charge on any atom is 0.306 e. The maximum atomic E-state index is 12.7. The lowest BCUT2D eigenvalue weighted by Gasteiger charge is -2.22. The van der Waals surface area contributed by atoms with Gasteiger partial charge in [-0.1, -0.05) is 181 Å². The number of unbranched alkanes of at least 4 members (excludes halogenated alkanes) is 24. The lowest BCUT2D eigenvalue weighted by Crippen LogP contribution is -2.29. The number of methoxy groups -OCH3 is 1. The topological polar surface area (TPSA) is 67.9 Å². The van der Waals surface area contributed by atoms with Crippen LogP contribution < -0.4 is 4.72 Å². The van der Waals surface area contributed by atoms with Gasteiger partial charge in [0.25, 0.3) is 0 Å². The highest BCUT2D eigenvalue weighted by atomic mass is 32.2. The van der Waals surface area contributed by atoms with E-state index in [-0.39, 0.29) is 12.1 Å². The average molecular weight is 853 g/mol. The van der Waals surface area contributed by atoms with Crippen LogP contribution in [0.15, 0.2) is 0 Å². The summed E-state index contributed by atoms with van der Waals surface area (Å²) < 4.78 is 15.0. The van der Waals surface area contributed by atoms with Gasteiger partial charge in [0.15, 0.2) is 0 Å². The molecule has 0 aliphatic heterocycles. The predicted molar refractivity (Wildman–Crippen MR) is 261 cm³/mol. The summed E-state index contributed by atoms with van der Waals surface area (Å²) >= 11 is 1.93. The van der Waals surface area contributed by atoms with Gasteiger partial charge < -0.3 is 19.2 Å². The second-order valence-corrected chi connectivity index (χ2v) is 19.0. The Morgan fingerprint density at radius 3 is 1.51 bits per heavy atom. The van der Waals surface area contributed by atoms with Crippen LogP contribution in [0.1, 0.15) is 265 Å². The van der Waals surface area contributed by atoms with Crippen LogP contribution >= 0.6 is 11.9 Å². The first-order valence-corrected chi connectivity index (χ1v) is 27.3. The van der Waals surface area contributed by atoms with Gasteiger partial charge in [-0.3, -0.25) is 9.52 Å². The van der Waals surface area contributed by atoms with E-state index in [2.05, 4.69) is 37.3 Å². The Labute approximate surface area is 373 Å². The summed E-state index contributed by atoms with van der Waals surface area (Å²) in [5, 5.41) is 0. The molecule has 0 bridgehead atoms. The normalized spacial score (nSPS) is 13.2. The standard InChI is InChI=1S/C40H78N2O3S.C12H26O/c1-3-5-7-9-14-20-27-39(28-21-15-10-8-6-4-2)45-40(44)29-22-16-13-18-24-34-42(33-23-17-11-12-19-25-36-43)35-26-32-41-46-37-38-30-31-38;1-4-6-7-8-9-10-11-12(5-2)13-3/h36,38-39,41H,3-35,37H2,1-2H3;12H,4-11H2,1-3H3. The third kappa shape index (κ3) is 45.2. The fourth-order valence-corrected chi connectivity index (χ4v) is 8.90. The molecule has 0 radical (unpaired) electrons. The smallest absolute Gasteiger partial charge is 0.306 e. The molecule has 0 aromatic rings. The zero-order chi connectivity index (χ0) is 43.1. The molecule has 0 amide bonds. The number of hydrogen-bond donors (Lipinski definition) is 1. The summed E-state index contributed by atoms with van der Waals surface area (Å²) in [7, 11) is 1.82. The summed E-state index contributed by atoms with van der Waals surface area (Å²) in [4.78, 5) is 25.9. The number of hydrogen-bond acceptors (Lipinski definition) is 7.